The fourth-order valence-electron chi connectivity index (χ4n) is 6.71. The Morgan fingerprint density at radius 1 is 1.02 bits per heavy atom. The average molecular weight is 650 g/mol. The second-order valence-electron chi connectivity index (χ2n) is 13.7. The summed E-state index contributed by atoms with van der Waals surface area (Å²) in [6, 6.07) is 12.4. The van der Waals surface area contributed by atoms with Gasteiger partial charge in [-0.05, 0) is 75.9 Å². The molecule has 10 nitrogen and oxygen atoms in total. The van der Waals surface area contributed by atoms with E-state index in [9.17, 15) is 19.5 Å². The van der Waals surface area contributed by atoms with Crippen LogP contribution in [-0.2, 0) is 20.8 Å². The maximum absolute atomic E-state index is 13.6. The SMILES string of the molecule is C[C@H]1CN([C@@H](C)CO)C(=O)Cc2cc(NC(=O)CCCCCC(=O)Nc3ccccc3N)ccc2O[C@@H]1CN(C)CC1CCCCC1. The standard InChI is InChI=1S/C37H55N5O5/c1-26-22-42(27(2)25-43)37(46)21-29-20-30(18-19-33(29)47-34(26)24-41(3)23-28-12-6-4-7-13-28)39-35(44)16-8-5-9-17-36(45)40-32-15-11-10-14-31(32)38/h10-11,14-15,18-20,26-28,34,43H,4-9,12-13,16-17,21-25,38H2,1-3H3,(H,39,44)(H,40,45)/t26-,27-,34+/m0/s1. The molecule has 258 valence electrons. The van der Waals surface area contributed by atoms with E-state index in [1.54, 1.807) is 17.0 Å². The fourth-order valence-corrected chi connectivity index (χ4v) is 6.71. The van der Waals surface area contributed by atoms with E-state index in [4.69, 9.17) is 10.5 Å². The van der Waals surface area contributed by atoms with Crippen molar-refractivity contribution in [3.63, 3.8) is 0 Å². The van der Waals surface area contributed by atoms with Crippen LogP contribution in [0.1, 0.15) is 83.6 Å². The molecule has 1 fully saturated rings. The van der Waals surface area contributed by atoms with Gasteiger partial charge in [0.1, 0.15) is 11.9 Å². The van der Waals surface area contributed by atoms with Crippen molar-refractivity contribution in [1.29, 1.82) is 0 Å². The van der Waals surface area contributed by atoms with Crippen molar-refractivity contribution in [1.82, 2.24) is 9.80 Å². The predicted octanol–water partition coefficient (Wildman–Crippen LogP) is 5.46. The number of nitrogen functional groups attached to an aromatic ring is 1. The number of nitrogens with two attached hydrogens (primary N) is 1. The minimum Gasteiger partial charge on any atom is -0.488 e. The van der Waals surface area contributed by atoms with Gasteiger partial charge >= 0.3 is 0 Å². The lowest BCUT2D eigenvalue weighted by Crippen LogP contribution is -2.48. The number of likely N-dealkylation sites (N-methyl/N-ethyl adjacent to an activating group) is 1. The molecular weight excluding hydrogens is 594 g/mol. The smallest absolute Gasteiger partial charge is 0.227 e. The molecule has 0 unspecified atom stereocenters. The van der Waals surface area contributed by atoms with Crippen LogP contribution < -0.4 is 21.1 Å². The van der Waals surface area contributed by atoms with Crippen molar-refractivity contribution in [2.45, 2.75) is 96.6 Å². The van der Waals surface area contributed by atoms with Crippen LogP contribution in [0, 0.1) is 11.8 Å². The summed E-state index contributed by atoms with van der Waals surface area (Å²) in [5.74, 6) is 1.14. The van der Waals surface area contributed by atoms with E-state index in [2.05, 4.69) is 29.5 Å². The summed E-state index contributed by atoms with van der Waals surface area (Å²) in [6.07, 6.45) is 9.23. The molecule has 0 saturated heterocycles. The first-order valence-electron chi connectivity index (χ1n) is 17.5. The van der Waals surface area contributed by atoms with Gasteiger partial charge in [-0.2, -0.15) is 0 Å². The monoisotopic (exact) mass is 649 g/mol. The number of fused-ring (bicyclic) bond motifs is 1. The number of anilines is 3. The summed E-state index contributed by atoms with van der Waals surface area (Å²) < 4.78 is 6.68. The number of rotatable bonds is 14. The molecule has 2 aliphatic rings. The number of nitrogens with one attached hydrogen (secondary N) is 2. The number of unbranched alkanes of at least 4 members (excludes halogenated alkanes) is 2. The van der Waals surface area contributed by atoms with E-state index in [-0.39, 0.29) is 48.8 Å². The highest BCUT2D eigenvalue weighted by atomic mass is 16.5. The van der Waals surface area contributed by atoms with Crippen LogP contribution in [0.4, 0.5) is 17.1 Å². The highest BCUT2D eigenvalue weighted by Crippen LogP contribution is 2.30. The number of carbonyl (C=O) groups is 3. The highest BCUT2D eigenvalue weighted by Gasteiger charge is 2.31. The number of hydrogen-bond acceptors (Lipinski definition) is 7. The van der Waals surface area contributed by atoms with E-state index in [1.165, 1.54) is 32.1 Å². The fraction of sp³-hybridized carbons (Fsp3) is 0.595. The van der Waals surface area contributed by atoms with Gasteiger partial charge in [0.05, 0.1) is 30.4 Å². The molecule has 10 heteroatoms. The average Bonchev–Trinajstić information content (AvgIpc) is 3.09. The molecule has 1 saturated carbocycles. The first-order chi connectivity index (χ1) is 22.6. The Bertz CT molecular complexity index is 1330. The highest BCUT2D eigenvalue weighted by molar-refractivity contribution is 5.94. The number of aliphatic hydroxyl groups is 1. The first kappa shape index (κ1) is 36.2. The second-order valence-corrected chi connectivity index (χ2v) is 13.7. The molecule has 0 aromatic heterocycles. The molecule has 1 aliphatic heterocycles. The Hall–Kier alpha value is -3.63. The van der Waals surface area contributed by atoms with Gasteiger partial charge in [0.25, 0.3) is 0 Å². The Labute approximate surface area is 280 Å². The van der Waals surface area contributed by atoms with Crippen molar-refractivity contribution in [3.05, 3.63) is 48.0 Å². The van der Waals surface area contributed by atoms with Gasteiger partial charge in [0.2, 0.25) is 17.7 Å². The third-order valence-corrected chi connectivity index (χ3v) is 9.53. The third-order valence-electron chi connectivity index (χ3n) is 9.53. The summed E-state index contributed by atoms with van der Waals surface area (Å²) in [5, 5.41) is 15.8. The lowest BCUT2D eigenvalue weighted by atomic mass is 9.89. The number of amides is 3. The van der Waals surface area contributed by atoms with Crippen LogP contribution in [0.15, 0.2) is 42.5 Å². The predicted molar refractivity (Wildman–Crippen MR) is 187 cm³/mol. The van der Waals surface area contributed by atoms with E-state index >= 15 is 0 Å². The van der Waals surface area contributed by atoms with Crippen LogP contribution in [0.5, 0.6) is 5.75 Å². The third kappa shape index (κ3) is 11.2. The molecule has 4 rings (SSSR count). The van der Waals surface area contributed by atoms with Crippen molar-refractivity contribution < 1.29 is 24.2 Å². The minimum atomic E-state index is -0.308. The Kier molecular flexibility index (Phi) is 13.9. The maximum Gasteiger partial charge on any atom is 0.227 e. The number of carbonyl (C=O) groups excluding carboxylic acids is 3. The zero-order chi connectivity index (χ0) is 33.8. The Morgan fingerprint density at radius 2 is 1.72 bits per heavy atom. The van der Waals surface area contributed by atoms with Crippen LogP contribution in [-0.4, -0.2) is 78.1 Å². The lowest BCUT2D eigenvalue weighted by molar-refractivity contribution is -0.134. The Morgan fingerprint density at radius 3 is 2.43 bits per heavy atom. The number of nitrogens with zero attached hydrogens (tertiary/aromatic N) is 2. The molecular formula is C37H55N5O5. The van der Waals surface area contributed by atoms with E-state index in [0.29, 0.717) is 61.0 Å². The van der Waals surface area contributed by atoms with E-state index < -0.39 is 0 Å². The number of aliphatic hydroxyl groups excluding tert-OH is 1. The second kappa shape index (κ2) is 18.1. The quantitative estimate of drug-likeness (QED) is 0.158. The molecule has 0 bridgehead atoms. The van der Waals surface area contributed by atoms with Gasteiger partial charge in [-0.1, -0.05) is 44.7 Å². The molecule has 1 aliphatic carbocycles. The first-order valence-corrected chi connectivity index (χ1v) is 17.5. The largest absolute Gasteiger partial charge is 0.488 e. The molecule has 3 atom stereocenters. The Balaban J connectivity index is 1.34. The number of ether oxygens (including phenoxy) is 1. The molecule has 1 heterocycles. The van der Waals surface area contributed by atoms with Gasteiger partial charge in [-0.25, -0.2) is 0 Å². The summed E-state index contributed by atoms with van der Waals surface area (Å²) in [5.41, 5.74) is 8.37. The number of benzene rings is 2. The molecule has 5 N–H and O–H groups in total. The van der Waals surface area contributed by atoms with Gasteiger partial charge in [-0.15, -0.1) is 0 Å². The van der Waals surface area contributed by atoms with Gasteiger partial charge in [0.15, 0.2) is 0 Å². The zero-order valence-corrected chi connectivity index (χ0v) is 28.5. The summed E-state index contributed by atoms with van der Waals surface area (Å²) in [4.78, 5) is 42.8. The van der Waals surface area contributed by atoms with Crippen molar-refractivity contribution in [2.75, 3.05) is 49.7 Å². The molecule has 0 spiro atoms. The van der Waals surface area contributed by atoms with Crippen LogP contribution in [0.25, 0.3) is 0 Å². The van der Waals surface area contributed by atoms with Gasteiger partial charge in [0, 0.05) is 49.6 Å². The van der Waals surface area contributed by atoms with Gasteiger partial charge < -0.3 is 36.0 Å². The molecule has 3 amide bonds. The van der Waals surface area contributed by atoms with Crippen LogP contribution >= 0.6 is 0 Å². The summed E-state index contributed by atoms with van der Waals surface area (Å²) >= 11 is 0. The zero-order valence-electron chi connectivity index (χ0n) is 28.5. The summed E-state index contributed by atoms with van der Waals surface area (Å²) in [6.45, 7) is 6.16. The van der Waals surface area contributed by atoms with Gasteiger partial charge in [-0.3, -0.25) is 14.4 Å². The van der Waals surface area contributed by atoms with Crippen molar-refractivity contribution in [3.8, 4) is 5.75 Å². The minimum absolute atomic E-state index is 0.0506. The molecule has 0 radical (unpaired) electrons. The number of hydrogen-bond donors (Lipinski definition) is 4. The normalized spacial score (nSPS) is 19.6. The van der Waals surface area contributed by atoms with E-state index in [1.807, 2.05) is 37.3 Å². The lowest BCUT2D eigenvalue weighted by Gasteiger charge is -2.35. The molecule has 47 heavy (non-hydrogen) atoms. The number of para-hydroxylation sites is 2. The van der Waals surface area contributed by atoms with Crippen LogP contribution in [0.3, 0.4) is 0 Å². The molecule has 2 aromatic rings. The van der Waals surface area contributed by atoms with Crippen molar-refractivity contribution >= 4 is 34.8 Å². The maximum atomic E-state index is 13.6. The van der Waals surface area contributed by atoms with Crippen molar-refractivity contribution in [2.24, 2.45) is 11.8 Å². The van der Waals surface area contributed by atoms with E-state index in [0.717, 1.165) is 25.1 Å². The topological polar surface area (TPSA) is 137 Å². The van der Waals surface area contributed by atoms with Crippen LogP contribution in [0.2, 0.25) is 0 Å². The molecule has 2 aromatic carbocycles. The summed E-state index contributed by atoms with van der Waals surface area (Å²) in [7, 11) is 2.16.